The molecule has 25 heavy (non-hydrogen) atoms. The number of imidazole rings is 1. The molecule has 0 aliphatic carbocycles. The summed E-state index contributed by atoms with van der Waals surface area (Å²) in [5.74, 6) is 0.777. The minimum absolute atomic E-state index is 0. The first-order chi connectivity index (χ1) is 11.7. The Bertz CT molecular complexity index is 827. The Morgan fingerprint density at radius 2 is 2.12 bits per heavy atom. The van der Waals surface area contributed by atoms with Crippen LogP contribution in [0, 0.1) is 6.92 Å². The SMILES string of the molecule is CN=C(NCc1cn2ccsc2n1)NCc1ccc(C)cc1SC.I. The third kappa shape index (κ3) is 5.11. The molecule has 0 bridgehead atoms. The number of thiazole rings is 1. The lowest BCUT2D eigenvalue weighted by atomic mass is 10.1. The predicted octanol–water partition coefficient (Wildman–Crippen LogP) is 3.91. The molecule has 0 saturated heterocycles. The molecule has 0 fully saturated rings. The lowest BCUT2D eigenvalue weighted by molar-refractivity contribution is 0.792. The highest BCUT2D eigenvalue weighted by Gasteiger charge is 2.06. The summed E-state index contributed by atoms with van der Waals surface area (Å²) in [6, 6.07) is 6.53. The second kappa shape index (κ2) is 9.44. The number of nitrogens with zero attached hydrogens (tertiary/aromatic N) is 3. The van der Waals surface area contributed by atoms with Crippen LogP contribution < -0.4 is 10.6 Å². The zero-order valence-corrected chi connectivity index (χ0v) is 18.4. The van der Waals surface area contributed by atoms with E-state index >= 15 is 0 Å². The van der Waals surface area contributed by atoms with Gasteiger partial charge >= 0.3 is 0 Å². The number of hydrogen-bond donors (Lipinski definition) is 2. The van der Waals surface area contributed by atoms with Crippen molar-refractivity contribution in [1.29, 1.82) is 0 Å². The Morgan fingerprint density at radius 3 is 2.84 bits per heavy atom. The fraction of sp³-hybridized carbons (Fsp3) is 0.294. The largest absolute Gasteiger partial charge is 0.352 e. The number of rotatable bonds is 5. The maximum atomic E-state index is 4.57. The van der Waals surface area contributed by atoms with Crippen molar-refractivity contribution in [3.8, 4) is 0 Å². The van der Waals surface area contributed by atoms with Crippen LogP contribution in [0.5, 0.6) is 0 Å². The Hall–Kier alpha value is -1.26. The molecular formula is C17H22IN5S2. The van der Waals surface area contributed by atoms with E-state index in [0.717, 1.165) is 23.2 Å². The second-order valence-corrected chi connectivity index (χ2v) is 7.14. The van der Waals surface area contributed by atoms with Crippen molar-refractivity contribution in [3.63, 3.8) is 0 Å². The number of thioether (sulfide) groups is 1. The molecule has 5 nitrogen and oxygen atoms in total. The zero-order chi connectivity index (χ0) is 16.9. The van der Waals surface area contributed by atoms with Gasteiger partial charge in [-0.2, -0.15) is 0 Å². The average Bonchev–Trinajstić information content (AvgIpc) is 3.17. The van der Waals surface area contributed by atoms with Gasteiger partial charge in [0.15, 0.2) is 10.9 Å². The van der Waals surface area contributed by atoms with E-state index < -0.39 is 0 Å². The molecule has 2 heterocycles. The molecule has 0 aliphatic rings. The molecule has 8 heteroatoms. The van der Waals surface area contributed by atoms with Crippen LogP contribution in [-0.4, -0.2) is 28.6 Å². The van der Waals surface area contributed by atoms with E-state index in [-0.39, 0.29) is 24.0 Å². The summed E-state index contributed by atoms with van der Waals surface area (Å²) in [4.78, 5) is 11.2. The van der Waals surface area contributed by atoms with Crippen molar-refractivity contribution in [2.75, 3.05) is 13.3 Å². The average molecular weight is 487 g/mol. The Balaban J connectivity index is 0.00000225. The number of aliphatic imine (C=N–C) groups is 1. The maximum absolute atomic E-state index is 4.57. The van der Waals surface area contributed by atoms with Gasteiger partial charge in [0.25, 0.3) is 0 Å². The molecule has 0 radical (unpaired) electrons. The molecule has 0 atom stereocenters. The van der Waals surface area contributed by atoms with Crippen LogP contribution in [0.3, 0.4) is 0 Å². The summed E-state index contributed by atoms with van der Waals surface area (Å²) >= 11 is 3.41. The minimum atomic E-state index is 0. The van der Waals surface area contributed by atoms with Crippen molar-refractivity contribution in [1.82, 2.24) is 20.0 Å². The molecular weight excluding hydrogens is 465 g/mol. The van der Waals surface area contributed by atoms with E-state index in [0.29, 0.717) is 6.54 Å². The fourth-order valence-electron chi connectivity index (χ4n) is 2.43. The highest BCUT2D eigenvalue weighted by atomic mass is 127. The zero-order valence-electron chi connectivity index (χ0n) is 14.4. The van der Waals surface area contributed by atoms with Crippen LogP contribution in [0.1, 0.15) is 16.8 Å². The monoisotopic (exact) mass is 487 g/mol. The highest BCUT2D eigenvalue weighted by molar-refractivity contribution is 14.0. The Morgan fingerprint density at radius 1 is 1.32 bits per heavy atom. The molecule has 1 aromatic carbocycles. The van der Waals surface area contributed by atoms with Gasteiger partial charge in [0, 0.05) is 36.3 Å². The number of halogens is 1. The summed E-state index contributed by atoms with van der Waals surface area (Å²) in [6.07, 6.45) is 6.17. The van der Waals surface area contributed by atoms with Crippen molar-refractivity contribution in [2.24, 2.45) is 4.99 Å². The van der Waals surface area contributed by atoms with Gasteiger partial charge in [0.2, 0.25) is 0 Å². The third-order valence-corrected chi connectivity index (χ3v) is 5.28. The smallest absolute Gasteiger partial charge is 0.193 e. The summed E-state index contributed by atoms with van der Waals surface area (Å²) in [6.45, 7) is 3.51. The normalized spacial score (nSPS) is 11.4. The van der Waals surface area contributed by atoms with Crippen molar-refractivity contribution < 1.29 is 0 Å². The van der Waals surface area contributed by atoms with Gasteiger partial charge in [-0.1, -0.05) is 12.1 Å². The molecule has 3 rings (SSSR count). The predicted molar refractivity (Wildman–Crippen MR) is 118 cm³/mol. The first-order valence-electron chi connectivity index (χ1n) is 7.68. The van der Waals surface area contributed by atoms with E-state index in [9.17, 15) is 0 Å². The van der Waals surface area contributed by atoms with Crippen LogP contribution in [0.25, 0.3) is 4.96 Å². The first kappa shape index (κ1) is 20.1. The number of benzene rings is 1. The lowest BCUT2D eigenvalue weighted by Gasteiger charge is -2.13. The number of aryl methyl sites for hydroxylation is 1. The molecule has 0 amide bonds. The quantitative estimate of drug-likeness (QED) is 0.248. The standard InChI is InChI=1S/C17H21N5S2.HI/c1-12-4-5-13(15(8-12)23-3)9-19-16(18-2)20-10-14-11-22-6-7-24-17(22)21-14;/h4-8,11H,9-10H2,1-3H3,(H2,18,19,20);1H. The third-order valence-electron chi connectivity index (χ3n) is 3.69. The summed E-state index contributed by atoms with van der Waals surface area (Å²) in [7, 11) is 1.78. The van der Waals surface area contributed by atoms with E-state index in [1.807, 2.05) is 22.2 Å². The number of aromatic nitrogens is 2. The molecule has 2 N–H and O–H groups in total. The minimum Gasteiger partial charge on any atom is -0.352 e. The van der Waals surface area contributed by atoms with Crippen molar-refractivity contribution >= 4 is 58.0 Å². The summed E-state index contributed by atoms with van der Waals surface area (Å²) < 4.78 is 2.04. The van der Waals surface area contributed by atoms with Gasteiger partial charge < -0.3 is 10.6 Å². The molecule has 3 aromatic rings. The van der Waals surface area contributed by atoms with E-state index in [4.69, 9.17) is 0 Å². The molecule has 2 aromatic heterocycles. The fourth-order valence-corrected chi connectivity index (χ4v) is 3.86. The number of nitrogens with one attached hydrogen (secondary N) is 2. The molecule has 0 aliphatic heterocycles. The van der Waals surface area contributed by atoms with Crippen LogP contribution >= 0.6 is 47.1 Å². The Labute approximate surface area is 173 Å². The number of guanidine groups is 1. The first-order valence-corrected chi connectivity index (χ1v) is 9.79. The molecule has 0 saturated carbocycles. The van der Waals surface area contributed by atoms with E-state index in [1.54, 1.807) is 30.1 Å². The van der Waals surface area contributed by atoms with Crippen LogP contribution in [0.15, 0.2) is 45.9 Å². The van der Waals surface area contributed by atoms with Gasteiger partial charge in [0.1, 0.15) is 0 Å². The Kier molecular flexibility index (Phi) is 7.57. The van der Waals surface area contributed by atoms with Gasteiger partial charge in [-0.3, -0.25) is 9.39 Å². The van der Waals surface area contributed by atoms with E-state index in [2.05, 4.69) is 52.0 Å². The molecule has 0 spiro atoms. The number of fused-ring (bicyclic) bond motifs is 1. The van der Waals surface area contributed by atoms with Crippen LogP contribution in [-0.2, 0) is 13.1 Å². The van der Waals surface area contributed by atoms with Gasteiger partial charge in [-0.05, 0) is 30.4 Å². The molecule has 134 valence electrons. The lowest BCUT2D eigenvalue weighted by Crippen LogP contribution is -2.36. The van der Waals surface area contributed by atoms with Crippen LogP contribution in [0.4, 0.5) is 0 Å². The van der Waals surface area contributed by atoms with Crippen LogP contribution in [0.2, 0.25) is 0 Å². The highest BCUT2D eigenvalue weighted by Crippen LogP contribution is 2.21. The summed E-state index contributed by atoms with van der Waals surface area (Å²) in [5, 5.41) is 8.72. The van der Waals surface area contributed by atoms with E-state index in [1.165, 1.54) is 16.0 Å². The van der Waals surface area contributed by atoms with Crippen molar-refractivity contribution in [2.45, 2.75) is 24.9 Å². The summed E-state index contributed by atoms with van der Waals surface area (Å²) in [5.41, 5.74) is 3.56. The topological polar surface area (TPSA) is 53.7 Å². The number of hydrogen-bond acceptors (Lipinski definition) is 4. The molecule has 0 unspecified atom stereocenters. The van der Waals surface area contributed by atoms with Gasteiger partial charge in [-0.15, -0.1) is 47.1 Å². The maximum Gasteiger partial charge on any atom is 0.193 e. The van der Waals surface area contributed by atoms with Crippen molar-refractivity contribution in [3.05, 3.63) is 52.8 Å². The van der Waals surface area contributed by atoms with Gasteiger partial charge in [0.05, 0.1) is 12.2 Å². The second-order valence-electron chi connectivity index (χ2n) is 5.42. The van der Waals surface area contributed by atoms with Gasteiger partial charge in [-0.25, -0.2) is 4.98 Å².